The van der Waals surface area contributed by atoms with Crippen molar-refractivity contribution < 1.29 is 14.3 Å². The van der Waals surface area contributed by atoms with E-state index in [0.29, 0.717) is 26.4 Å². The second-order valence-electron chi connectivity index (χ2n) is 9.95. The fourth-order valence-electron chi connectivity index (χ4n) is 5.07. The summed E-state index contributed by atoms with van der Waals surface area (Å²) >= 11 is 1.33. The number of fused-ring (bicyclic) bond motifs is 1. The van der Waals surface area contributed by atoms with E-state index in [0.717, 1.165) is 24.2 Å². The number of methoxy groups -OCH3 is 1. The van der Waals surface area contributed by atoms with Gasteiger partial charge in [0.15, 0.2) is 4.80 Å². The molecule has 0 amide bonds. The Kier molecular flexibility index (Phi) is 7.51. The Bertz CT molecular complexity index is 1540. The molecule has 3 heterocycles. The predicted molar refractivity (Wildman–Crippen MR) is 150 cm³/mol. The Labute approximate surface area is 226 Å². The zero-order valence-electron chi connectivity index (χ0n) is 22.3. The lowest BCUT2D eigenvalue weighted by molar-refractivity contribution is -0.143. The van der Waals surface area contributed by atoms with Gasteiger partial charge < -0.3 is 14.4 Å². The van der Waals surface area contributed by atoms with Gasteiger partial charge in [-0.05, 0) is 81.5 Å². The fourth-order valence-corrected chi connectivity index (χ4v) is 6.12. The molecule has 38 heavy (non-hydrogen) atoms. The molecule has 5 rings (SSSR count). The predicted octanol–water partition coefficient (Wildman–Crippen LogP) is 4.19. The third-order valence-electron chi connectivity index (χ3n) is 6.91. The number of piperidine rings is 1. The molecule has 1 aromatic heterocycles. The summed E-state index contributed by atoms with van der Waals surface area (Å²) in [5.41, 5.74) is 3.63. The van der Waals surface area contributed by atoms with Crippen LogP contribution in [0.1, 0.15) is 57.2 Å². The van der Waals surface area contributed by atoms with Crippen molar-refractivity contribution in [2.24, 2.45) is 4.99 Å². The number of nitrogens with zero attached hydrogens (tertiary/aromatic N) is 3. The van der Waals surface area contributed by atoms with E-state index in [2.05, 4.69) is 34.2 Å². The van der Waals surface area contributed by atoms with Gasteiger partial charge in [0.25, 0.3) is 5.56 Å². The number of esters is 1. The molecule has 8 heteroatoms. The highest BCUT2D eigenvalue weighted by Crippen LogP contribution is 2.32. The molecule has 1 unspecified atom stereocenters. The molecule has 198 valence electrons. The summed E-state index contributed by atoms with van der Waals surface area (Å²) in [7, 11) is 1.59. The minimum atomic E-state index is -0.670. The smallest absolute Gasteiger partial charge is 0.338 e. The number of ether oxygens (including phenoxy) is 2. The van der Waals surface area contributed by atoms with E-state index < -0.39 is 12.0 Å². The molecule has 2 aliphatic rings. The van der Waals surface area contributed by atoms with E-state index >= 15 is 0 Å². The van der Waals surface area contributed by atoms with Crippen LogP contribution in [-0.2, 0) is 9.53 Å². The van der Waals surface area contributed by atoms with Crippen molar-refractivity contribution in [2.45, 2.75) is 52.2 Å². The molecule has 1 saturated heterocycles. The van der Waals surface area contributed by atoms with Crippen LogP contribution in [0.25, 0.3) is 6.08 Å². The Morgan fingerprint density at radius 3 is 2.53 bits per heavy atom. The lowest BCUT2D eigenvalue weighted by Crippen LogP contribution is -2.40. The monoisotopic (exact) mass is 531 g/mol. The van der Waals surface area contributed by atoms with Gasteiger partial charge in [-0.15, -0.1) is 0 Å². The number of carbonyl (C=O) groups excluding carboxylic acids is 1. The maximum absolute atomic E-state index is 13.8. The molecular weight excluding hydrogens is 498 g/mol. The Morgan fingerprint density at radius 2 is 1.84 bits per heavy atom. The van der Waals surface area contributed by atoms with E-state index in [1.807, 2.05) is 30.3 Å². The van der Waals surface area contributed by atoms with Crippen molar-refractivity contribution in [3.63, 3.8) is 0 Å². The van der Waals surface area contributed by atoms with E-state index in [4.69, 9.17) is 9.47 Å². The summed E-state index contributed by atoms with van der Waals surface area (Å²) in [4.78, 5) is 34.7. The second kappa shape index (κ2) is 11.0. The Morgan fingerprint density at radius 1 is 1.11 bits per heavy atom. The molecule has 0 radical (unpaired) electrons. The first-order valence-electron chi connectivity index (χ1n) is 13.1. The van der Waals surface area contributed by atoms with Crippen molar-refractivity contribution in [3.05, 3.63) is 90.6 Å². The summed E-state index contributed by atoms with van der Waals surface area (Å²) in [6.45, 7) is 7.58. The van der Waals surface area contributed by atoms with Crippen LogP contribution in [0, 0.1) is 0 Å². The van der Waals surface area contributed by atoms with E-state index in [1.165, 1.54) is 36.3 Å². The lowest BCUT2D eigenvalue weighted by Gasteiger charge is -2.28. The summed E-state index contributed by atoms with van der Waals surface area (Å²) in [6.07, 6.45) is 5.35. The molecule has 0 bridgehead atoms. The summed E-state index contributed by atoms with van der Waals surface area (Å²) in [5, 5.41) is 0. The van der Waals surface area contributed by atoms with Crippen LogP contribution in [0.4, 0.5) is 5.69 Å². The van der Waals surface area contributed by atoms with E-state index in [-0.39, 0.29) is 11.7 Å². The topological polar surface area (TPSA) is 73.1 Å². The maximum atomic E-state index is 13.8. The average Bonchev–Trinajstić information content (AvgIpc) is 3.22. The highest BCUT2D eigenvalue weighted by molar-refractivity contribution is 7.07. The van der Waals surface area contributed by atoms with Crippen LogP contribution in [0.5, 0.6) is 5.75 Å². The first-order valence-corrected chi connectivity index (χ1v) is 13.9. The van der Waals surface area contributed by atoms with Crippen LogP contribution in [0.15, 0.2) is 69.6 Å². The van der Waals surface area contributed by atoms with Crippen molar-refractivity contribution in [2.75, 3.05) is 25.1 Å². The SMILES string of the molecule is COc1cccc(C2C(C(=O)OC(C)C)=C(C)N=c3s/c(=C\c4ccc(N5CCCCC5)cc4)c(=O)n32)c1. The van der Waals surface area contributed by atoms with Gasteiger partial charge in [-0.25, -0.2) is 9.79 Å². The number of aromatic nitrogens is 1. The van der Waals surface area contributed by atoms with Crippen molar-refractivity contribution in [1.82, 2.24) is 4.57 Å². The largest absolute Gasteiger partial charge is 0.497 e. The highest BCUT2D eigenvalue weighted by Gasteiger charge is 2.34. The van der Waals surface area contributed by atoms with Gasteiger partial charge >= 0.3 is 5.97 Å². The lowest BCUT2D eigenvalue weighted by atomic mass is 9.95. The number of hydrogen-bond donors (Lipinski definition) is 0. The molecule has 2 aromatic carbocycles. The molecule has 0 spiro atoms. The number of benzene rings is 2. The van der Waals surface area contributed by atoms with Crippen LogP contribution < -0.4 is 24.5 Å². The van der Waals surface area contributed by atoms with Gasteiger partial charge in [0.05, 0.1) is 35.1 Å². The molecule has 2 aliphatic heterocycles. The van der Waals surface area contributed by atoms with Gasteiger partial charge in [0.2, 0.25) is 0 Å². The number of hydrogen-bond acceptors (Lipinski definition) is 7. The van der Waals surface area contributed by atoms with Crippen molar-refractivity contribution in [1.29, 1.82) is 0 Å². The van der Waals surface area contributed by atoms with Crippen LogP contribution in [0.3, 0.4) is 0 Å². The van der Waals surface area contributed by atoms with E-state index in [1.54, 1.807) is 32.4 Å². The molecule has 7 nitrogen and oxygen atoms in total. The molecule has 0 aliphatic carbocycles. The number of allylic oxidation sites excluding steroid dienone is 1. The summed E-state index contributed by atoms with van der Waals surface area (Å²) < 4.78 is 13.2. The normalized spacial score (nSPS) is 17.9. The summed E-state index contributed by atoms with van der Waals surface area (Å²) in [6, 6.07) is 15.1. The first kappa shape index (κ1) is 26.0. The molecule has 1 atom stereocenters. The second-order valence-corrected chi connectivity index (χ2v) is 11.0. The van der Waals surface area contributed by atoms with Crippen LogP contribution in [0.2, 0.25) is 0 Å². The minimum Gasteiger partial charge on any atom is -0.497 e. The number of thiazole rings is 1. The van der Waals surface area contributed by atoms with Crippen LogP contribution >= 0.6 is 11.3 Å². The number of anilines is 1. The maximum Gasteiger partial charge on any atom is 0.338 e. The zero-order valence-corrected chi connectivity index (χ0v) is 23.1. The quantitative estimate of drug-likeness (QED) is 0.446. The van der Waals surface area contributed by atoms with Crippen LogP contribution in [-0.4, -0.2) is 36.8 Å². The Balaban J connectivity index is 1.59. The minimum absolute atomic E-state index is 0.191. The third kappa shape index (κ3) is 5.18. The molecule has 3 aromatic rings. The molecule has 0 saturated carbocycles. The summed E-state index contributed by atoms with van der Waals surface area (Å²) in [5.74, 6) is 0.168. The zero-order chi connectivity index (χ0) is 26.8. The number of rotatable bonds is 6. The molecular formula is C30H33N3O4S. The van der Waals surface area contributed by atoms with Gasteiger partial charge in [0.1, 0.15) is 5.75 Å². The molecule has 1 fully saturated rings. The highest BCUT2D eigenvalue weighted by atomic mass is 32.1. The standard InChI is InChI=1S/C30H33N3O4S/c1-19(2)37-29(35)26-20(3)31-30-33(27(26)22-9-8-10-24(18-22)36-4)28(34)25(38-30)17-21-11-13-23(14-12-21)32-15-6-5-7-16-32/h8-14,17-19,27H,5-7,15-16H2,1-4H3/b25-17-. The molecule has 0 N–H and O–H groups in total. The van der Waals surface area contributed by atoms with E-state index in [9.17, 15) is 9.59 Å². The first-order chi connectivity index (χ1) is 18.4. The average molecular weight is 532 g/mol. The van der Waals surface area contributed by atoms with Gasteiger partial charge in [-0.2, -0.15) is 0 Å². The Hall–Kier alpha value is -3.65. The van der Waals surface area contributed by atoms with Crippen molar-refractivity contribution >= 4 is 29.1 Å². The fraction of sp³-hybridized carbons (Fsp3) is 0.367. The van der Waals surface area contributed by atoms with Gasteiger partial charge in [0, 0.05) is 18.8 Å². The van der Waals surface area contributed by atoms with Gasteiger partial charge in [-0.1, -0.05) is 35.6 Å². The number of carbonyl (C=O) groups is 1. The van der Waals surface area contributed by atoms with Gasteiger partial charge in [-0.3, -0.25) is 9.36 Å². The third-order valence-corrected chi connectivity index (χ3v) is 7.89. The van der Waals surface area contributed by atoms with Crippen molar-refractivity contribution in [3.8, 4) is 5.75 Å².